The van der Waals surface area contributed by atoms with Gasteiger partial charge in [0, 0.05) is 19.2 Å². The molecule has 2 amide bonds. The van der Waals surface area contributed by atoms with Crippen LogP contribution in [0.1, 0.15) is 23.1 Å². The van der Waals surface area contributed by atoms with E-state index in [1.54, 1.807) is 12.1 Å². The number of aromatic amines is 1. The van der Waals surface area contributed by atoms with Crippen molar-refractivity contribution < 1.29 is 9.59 Å². The molecule has 0 bridgehead atoms. The minimum atomic E-state index is -0.316. The van der Waals surface area contributed by atoms with Gasteiger partial charge in [-0.2, -0.15) is 5.10 Å². The van der Waals surface area contributed by atoms with Gasteiger partial charge in [-0.3, -0.25) is 14.7 Å². The van der Waals surface area contributed by atoms with Crippen molar-refractivity contribution in [2.45, 2.75) is 13.5 Å². The van der Waals surface area contributed by atoms with Gasteiger partial charge in [0.1, 0.15) is 6.33 Å². The van der Waals surface area contributed by atoms with Gasteiger partial charge in [-0.15, -0.1) is 0 Å². The molecular weight excluding hydrogens is 246 g/mol. The number of carbonyl (C=O) groups is 2. The molecule has 0 radical (unpaired) electrons. The molecule has 2 aromatic rings. The van der Waals surface area contributed by atoms with Crippen molar-refractivity contribution in [1.82, 2.24) is 20.5 Å². The summed E-state index contributed by atoms with van der Waals surface area (Å²) in [4.78, 5) is 26.2. The first-order valence-electron chi connectivity index (χ1n) is 5.65. The van der Waals surface area contributed by atoms with Gasteiger partial charge in [-0.05, 0) is 17.7 Å². The number of H-pyrrole nitrogens is 1. The lowest BCUT2D eigenvalue weighted by Crippen LogP contribution is -2.23. The SMILES string of the molecule is CC(=O)Nc1ccc(CNC(=O)c2ncn[nH]2)cc1. The Morgan fingerprint density at radius 3 is 2.58 bits per heavy atom. The minimum Gasteiger partial charge on any atom is -0.345 e. The number of hydrogen-bond donors (Lipinski definition) is 3. The zero-order valence-electron chi connectivity index (χ0n) is 10.3. The van der Waals surface area contributed by atoms with Crippen LogP contribution in [0, 0.1) is 0 Å². The fourth-order valence-corrected chi connectivity index (χ4v) is 1.49. The number of anilines is 1. The van der Waals surface area contributed by atoms with Gasteiger partial charge >= 0.3 is 0 Å². The van der Waals surface area contributed by atoms with Gasteiger partial charge in [0.2, 0.25) is 11.7 Å². The van der Waals surface area contributed by atoms with Crippen LogP contribution in [0.15, 0.2) is 30.6 Å². The highest BCUT2D eigenvalue weighted by molar-refractivity contribution is 5.90. The van der Waals surface area contributed by atoms with Crippen LogP contribution < -0.4 is 10.6 Å². The van der Waals surface area contributed by atoms with E-state index in [0.29, 0.717) is 6.54 Å². The predicted molar refractivity (Wildman–Crippen MR) is 68.3 cm³/mol. The third-order valence-electron chi connectivity index (χ3n) is 2.36. The number of nitrogens with zero attached hydrogens (tertiary/aromatic N) is 2. The summed E-state index contributed by atoms with van der Waals surface area (Å²) in [5.41, 5.74) is 1.64. The van der Waals surface area contributed by atoms with Crippen molar-refractivity contribution in [2.24, 2.45) is 0 Å². The quantitative estimate of drug-likeness (QED) is 0.752. The molecule has 0 aliphatic rings. The van der Waals surface area contributed by atoms with Crippen LogP contribution in [-0.4, -0.2) is 27.0 Å². The highest BCUT2D eigenvalue weighted by Gasteiger charge is 2.07. The second-order valence-electron chi connectivity index (χ2n) is 3.89. The molecule has 0 fully saturated rings. The number of rotatable bonds is 4. The topological polar surface area (TPSA) is 99.8 Å². The lowest BCUT2D eigenvalue weighted by Gasteiger charge is -2.05. The maximum atomic E-state index is 11.6. The van der Waals surface area contributed by atoms with E-state index < -0.39 is 0 Å². The Bertz CT molecular complexity index is 562. The molecule has 0 saturated heterocycles. The van der Waals surface area contributed by atoms with Gasteiger partial charge in [-0.25, -0.2) is 4.98 Å². The lowest BCUT2D eigenvalue weighted by molar-refractivity contribution is -0.114. The maximum absolute atomic E-state index is 11.6. The molecule has 0 atom stereocenters. The van der Waals surface area contributed by atoms with E-state index in [2.05, 4.69) is 25.8 Å². The Hall–Kier alpha value is -2.70. The van der Waals surface area contributed by atoms with Crippen molar-refractivity contribution in [1.29, 1.82) is 0 Å². The normalized spacial score (nSPS) is 9.95. The Morgan fingerprint density at radius 1 is 1.26 bits per heavy atom. The number of hydrogen-bond acceptors (Lipinski definition) is 4. The summed E-state index contributed by atoms with van der Waals surface area (Å²) in [6, 6.07) is 7.20. The average molecular weight is 259 g/mol. The van der Waals surface area contributed by atoms with Crippen LogP contribution in [0.2, 0.25) is 0 Å². The summed E-state index contributed by atoms with van der Waals surface area (Å²) in [5, 5.41) is 11.5. The first-order valence-corrected chi connectivity index (χ1v) is 5.65. The first kappa shape index (κ1) is 12.7. The second-order valence-corrected chi connectivity index (χ2v) is 3.89. The third kappa shape index (κ3) is 3.63. The summed E-state index contributed by atoms with van der Waals surface area (Å²) in [7, 11) is 0. The summed E-state index contributed by atoms with van der Waals surface area (Å²) < 4.78 is 0. The monoisotopic (exact) mass is 259 g/mol. The van der Waals surface area contributed by atoms with Crippen molar-refractivity contribution in [3.63, 3.8) is 0 Å². The molecule has 1 aromatic carbocycles. The van der Waals surface area contributed by atoms with Crippen molar-refractivity contribution in [3.8, 4) is 0 Å². The van der Waals surface area contributed by atoms with E-state index in [0.717, 1.165) is 11.3 Å². The average Bonchev–Trinajstić information content (AvgIpc) is 2.91. The molecule has 98 valence electrons. The van der Waals surface area contributed by atoms with Gasteiger partial charge in [0.15, 0.2) is 0 Å². The van der Waals surface area contributed by atoms with Crippen molar-refractivity contribution in [2.75, 3.05) is 5.32 Å². The van der Waals surface area contributed by atoms with E-state index in [1.807, 2.05) is 12.1 Å². The summed E-state index contributed by atoms with van der Waals surface area (Å²) >= 11 is 0. The van der Waals surface area contributed by atoms with Crippen LogP contribution in [0.25, 0.3) is 0 Å². The Morgan fingerprint density at radius 2 is 2.00 bits per heavy atom. The number of amides is 2. The Labute approximate surface area is 109 Å². The van der Waals surface area contributed by atoms with Crippen molar-refractivity contribution >= 4 is 17.5 Å². The van der Waals surface area contributed by atoms with E-state index >= 15 is 0 Å². The maximum Gasteiger partial charge on any atom is 0.288 e. The van der Waals surface area contributed by atoms with Crippen molar-refractivity contribution in [3.05, 3.63) is 42.0 Å². The molecule has 19 heavy (non-hydrogen) atoms. The molecule has 0 aliphatic heterocycles. The van der Waals surface area contributed by atoms with Crippen LogP contribution in [-0.2, 0) is 11.3 Å². The second kappa shape index (κ2) is 5.76. The number of benzene rings is 1. The van der Waals surface area contributed by atoms with E-state index in [4.69, 9.17) is 0 Å². The zero-order chi connectivity index (χ0) is 13.7. The van der Waals surface area contributed by atoms with Gasteiger partial charge < -0.3 is 10.6 Å². The van der Waals surface area contributed by atoms with Crippen LogP contribution in [0.3, 0.4) is 0 Å². The summed E-state index contributed by atoms with van der Waals surface area (Å²) in [6.45, 7) is 1.82. The highest BCUT2D eigenvalue weighted by atomic mass is 16.2. The molecule has 0 spiro atoms. The zero-order valence-corrected chi connectivity index (χ0v) is 10.3. The van der Waals surface area contributed by atoms with Gasteiger partial charge in [0.05, 0.1) is 0 Å². The third-order valence-corrected chi connectivity index (χ3v) is 2.36. The highest BCUT2D eigenvalue weighted by Crippen LogP contribution is 2.09. The van der Waals surface area contributed by atoms with Gasteiger partial charge in [0.25, 0.3) is 5.91 Å². The molecule has 7 nitrogen and oxygen atoms in total. The lowest BCUT2D eigenvalue weighted by atomic mass is 10.2. The largest absolute Gasteiger partial charge is 0.345 e. The number of aromatic nitrogens is 3. The van der Waals surface area contributed by atoms with Crippen LogP contribution >= 0.6 is 0 Å². The molecule has 1 heterocycles. The Balaban J connectivity index is 1.89. The van der Waals surface area contributed by atoms with Crippen LogP contribution in [0.5, 0.6) is 0 Å². The molecule has 7 heteroatoms. The molecule has 0 aliphatic carbocycles. The van der Waals surface area contributed by atoms with Gasteiger partial charge in [-0.1, -0.05) is 12.1 Å². The summed E-state index contributed by atoms with van der Waals surface area (Å²) in [5.74, 6) is -0.260. The standard InChI is InChI=1S/C12H13N5O2/c1-8(18)16-10-4-2-9(3-5-10)6-13-12(19)11-14-7-15-17-11/h2-5,7H,6H2,1H3,(H,13,19)(H,16,18)(H,14,15,17). The molecule has 1 aromatic heterocycles. The smallest absolute Gasteiger partial charge is 0.288 e. The minimum absolute atomic E-state index is 0.119. The number of nitrogens with one attached hydrogen (secondary N) is 3. The Kier molecular flexibility index (Phi) is 3.87. The van der Waals surface area contributed by atoms with E-state index in [-0.39, 0.29) is 17.6 Å². The first-order chi connectivity index (χ1) is 9.15. The molecule has 2 rings (SSSR count). The van der Waals surface area contributed by atoms with Crippen LogP contribution in [0.4, 0.5) is 5.69 Å². The molecule has 0 unspecified atom stereocenters. The number of carbonyl (C=O) groups excluding carboxylic acids is 2. The van der Waals surface area contributed by atoms with E-state index in [1.165, 1.54) is 13.3 Å². The fraction of sp³-hybridized carbons (Fsp3) is 0.167. The molecule has 3 N–H and O–H groups in total. The summed E-state index contributed by atoms with van der Waals surface area (Å²) in [6.07, 6.45) is 1.27. The predicted octanol–water partition coefficient (Wildman–Crippen LogP) is 0.693. The molecular formula is C12H13N5O2. The fourth-order valence-electron chi connectivity index (χ4n) is 1.49. The van der Waals surface area contributed by atoms with E-state index in [9.17, 15) is 9.59 Å². The molecule has 0 saturated carbocycles.